The molecule has 5 nitrogen and oxygen atoms in total. The second-order valence-corrected chi connectivity index (χ2v) is 7.12. The first kappa shape index (κ1) is 18.5. The average molecular weight is 325 g/mol. The maximum absolute atomic E-state index is 12.3. The Labute approximate surface area is 135 Å². The molecule has 0 aromatic rings. The smallest absolute Gasteiger partial charge is 0.415 e. The molecule has 6 heteroatoms. The van der Waals surface area contributed by atoms with E-state index in [1.54, 1.807) is 32.9 Å². The third-order valence-corrected chi connectivity index (χ3v) is 3.93. The summed E-state index contributed by atoms with van der Waals surface area (Å²) in [6.07, 6.45) is 3.24. The van der Waals surface area contributed by atoms with Crippen molar-refractivity contribution in [1.82, 2.24) is 4.90 Å². The molecular weight excluding hydrogens is 302 g/mol. The molecule has 1 heterocycles. The van der Waals surface area contributed by atoms with Gasteiger partial charge in [-0.2, -0.15) is 0 Å². The zero-order valence-electron chi connectivity index (χ0n) is 13.8. The number of carbonyl (C=O) groups excluding carboxylic acids is 3. The van der Waals surface area contributed by atoms with Gasteiger partial charge >= 0.3 is 6.09 Å². The number of amides is 1. The molecule has 0 aliphatic carbocycles. The van der Waals surface area contributed by atoms with Gasteiger partial charge in [0.05, 0.1) is 5.03 Å². The Bertz CT molecular complexity index is 529. The number of hydrogen-bond acceptors (Lipinski definition) is 5. The van der Waals surface area contributed by atoms with E-state index in [1.165, 1.54) is 30.5 Å². The maximum Gasteiger partial charge on any atom is 0.415 e. The third kappa shape index (κ3) is 6.05. The molecule has 1 aliphatic rings. The Kier molecular flexibility index (Phi) is 6.41. The number of thioether (sulfide) groups is 1. The van der Waals surface area contributed by atoms with E-state index in [4.69, 9.17) is 4.74 Å². The van der Waals surface area contributed by atoms with Crippen molar-refractivity contribution in [1.29, 1.82) is 0 Å². The van der Waals surface area contributed by atoms with Crippen LogP contribution in [0.4, 0.5) is 4.79 Å². The Hall–Kier alpha value is -1.56. The predicted molar refractivity (Wildman–Crippen MR) is 87.5 cm³/mol. The molecule has 1 amide bonds. The van der Waals surface area contributed by atoms with Crippen LogP contribution in [0.5, 0.6) is 0 Å². The number of hydrogen-bond donors (Lipinski definition) is 0. The summed E-state index contributed by atoms with van der Waals surface area (Å²) in [5.74, 6) is 0.547. The van der Waals surface area contributed by atoms with Crippen molar-refractivity contribution in [2.24, 2.45) is 0 Å². The second kappa shape index (κ2) is 7.63. The minimum atomic E-state index is -0.605. The average Bonchev–Trinajstić information content (AvgIpc) is 2.37. The van der Waals surface area contributed by atoms with Crippen LogP contribution in [0.1, 0.15) is 41.0 Å². The molecule has 0 fully saturated rings. The number of carbonyl (C=O) groups is 3. The monoisotopic (exact) mass is 325 g/mol. The molecule has 0 N–H and O–H groups in total. The molecular formula is C16H23NO4S. The van der Waals surface area contributed by atoms with Gasteiger partial charge in [-0.15, -0.1) is 11.8 Å². The highest BCUT2D eigenvalue weighted by atomic mass is 32.2. The number of nitrogens with zero attached hydrogens (tertiary/aromatic N) is 1. The van der Waals surface area contributed by atoms with Gasteiger partial charge in [0.2, 0.25) is 0 Å². The number of ketones is 2. The van der Waals surface area contributed by atoms with Crippen molar-refractivity contribution in [3.63, 3.8) is 0 Å². The van der Waals surface area contributed by atoms with Crippen molar-refractivity contribution < 1.29 is 19.1 Å². The van der Waals surface area contributed by atoms with Crippen molar-refractivity contribution >= 4 is 29.4 Å². The zero-order valence-corrected chi connectivity index (χ0v) is 14.6. The molecule has 0 bridgehead atoms. The van der Waals surface area contributed by atoms with Gasteiger partial charge in [0.25, 0.3) is 0 Å². The Balaban J connectivity index is 2.93. The van der Waals surface area contributed by atoms with Gasteiger partial charge in [0.1, 0.15) is 11.4 Å². The molecule has 0 unspecified atom stereocenters. The molecule has 0 aromatic heterocycles. The zero-order chi connectivity index (χ0) is 16.9. The van der Waals surface area contributed by atoms with Crippen LogP contribution in [0.2, 0.25) is 0 Å². The summed E-state index contributed by atoms with van der Waals surface area (Å²) in [5.41, 5.74) is 0.107. The van der Waals surface area contributed by atoms with Crippen LogP contribution in [-0.4, -0.2) is 40.5 Å². The summed E-state index contributed by atoms with van der Waals surface area (Å²) in [7, 11) is 0. The van der Waals surface area contributed by atoms with E-state index in [9.17, 15) is 14.4 Å². The largest absolute Gasteiger partial charge is 0.443 e. The highest BCUT2D eigenvalue weighted by molar-refractivity contribution is 8.03. The number of Topliss-reactive ketones (excluding diaryl/α,β-unsaturated/α-hetero) is 2. The Morgan fingerprint density at radius 1 is 1.23 bits per heavy atom. The first-order valence-electron chi connectivity index (χ1n) is 7.14. The van der Waals surface area contributed by atoms with Crippen LogP contribution in [0.15, 0.2) is 22.8 Å². The molecule has 22 heavy (non-hydrogen) atoms. The fourth-order valence-electron chi connectivity index (χ4n) is 1.68. The molecule has 0 radical (unpaired) electrons. The molecule has 0 saturated heterocycles. The maximum atomic E-state index is 12.3. The standard InChI is InChI=1S/C16H23NO4S/c1-11(18)8-9-17(15(20)21-16(3,4)5)14-7-6-13(10-22-14)12(2)19/h6-7H,8-10H2,1-5H3. The number of ether oxygens (including phenoxy) is 1. The number of allylic oxidation sites excluding steroid dienone is 2. The molecule has 1 rings (SSSR count). The predicted octanol–water partition coefficient (Wildman–Crippen LogP) is 3.31. The molecule has 0 aromatic carbocycles. The highest BCUT2D eigenvalue weighted by Crippen LogP contribution is 2.29. The molecule has 122 valence electrons. The quantitative estimate of drug-likeness (QED) is 0.776. The SMILES string of the molecule is CC(=O)CCN(C(=O)OC(C)(C)C)C1=CC=C(C(C)=O)CS1. The van der Waals surface area contributed by atoms with E-state index >= 15 is 0 Å². The number of rotatable bonds is 5. The van der Waals surface area contributed by atoms with E-state index in [2.05, 4.69) is 0 Å². The van der Waals surface area contributed by atoms with Gasteiger partial charge in [-0.05, 0) is 40.7 Å². The van der Waals surface area contributed by atoms with Crippen LogP contribution >= 0.6 is 11.8 Å². The van der Waals surface area contributed by atoms with Gasteiger partial charge < -0.3 is 4.74 Å². The van der Waals surface area contributed by atoms with Crippen molar-refractivity contribution in [2.75, 3.05) is 12.3 Å². The van der Waals surface area contributed by atoms with Crippen molar-refractivity contribution in [3.8, 4) is 0 Å². The normalized spacial score (nSPS) is 14.8. The van der Waals surface area contributed by atoms with E-state index < -0.39 is 11.7 Å². The molecule has 0 spiro atoms. The third-order valence-electron chi connectivity index (χ3n) is 2.82. The Morgan fingerprint density at radius 2 is 1.86 bits per heavy atom. The van der Waals surface area contributed by atoms with Crippen LogP contribution in [0, 0.1) is 0 Å². The summed E-state index contributed by atoms with van der Waals surface area (Å²) in [6, 6.07) is 0. The second-order valence-electron chi connectivity index (χ2n) is 6.13. The van der Waals surface area contributed by atoms with Crippen molar-refractivity contribution in [3.05, 3.63) is 22.8 Å². The first-order chi connectivity index (χ1) is 10.1. The lowest BCUT2D eigenvalue weighted by molar-refractivity contribution is -0.117. The Morgan fingerprint density at radius 3 is 2.27 bits per heavy atom. The molecule has 1 aliphatic heterocycles. The van der Waals surface area contributed by atoms with Gasteiger partial charge in [-0.25, -0.2) is 4.79 Å². The summed E-state index contributed by atoms with van der Waals surface area (Å²) in [4.78, 5) is 36.4. The summed E-state index contributed by atoms with van der Waals surface area (Å²) < 4.78 is 5.39. The van der Waals surface area contributed by atoms with E-state index in [1.807, 2.05) is 0 Å². The van der Waals surface area contributed by atoms with Crippen LogP contribution in [-0.2, 0) is 14.3 Å². The van der Waals surface area contributed by atoms with Crippen LogP contribution in [0.3, 0.4) is 0 Å². The minimum absolute atomic E-state index is 0.00920. The van der Waals surface area contributed by atoms with Gasteiger partial charge in [-0.1, -0.05) is 6.08 Å². The fourth-order valence-corrected chi connectivity index (χ4v) is 2.77. The van der Waals surface area contributed by atoms with E-state index in [0.717, 1.165) is 0 Å². The van der Waals surface area contributed by atoms with Crippen LogP contribution < -0.4 is 0 Å². The van der Waals surface area contributed by atoms with Crippen LogP contribution in [0.25, 0.3) is 0 Å². The lowest BCUT2D eigenvalue weighted by atomic mass is 10.2. The highest BCUT2D eigenvalue weighted by Gasteiger charge is 2.26. The molecule has 0 saturated carbocycles. The van der Waals surface area contributed by atoms with E-state index in [0.29, 0.717) is 16.4 Å². The summed E-state index contributed by atoms with van der Waals surface area (Å²) in [5, 5.41) is 0.695. The van der Waals surface area contributed by atoms with Gasteiger partial charge in [0, 0.05) is 24.3 Å². The topological polar surface area (TPSA) is 63.7 Å². The van der Waals surface area contributed by atoms with Gasteiger partial charge in [-0.3, -0.25) is 14.5 Å². The van der Waals surface area contributed by atoms with Gasteiger partial charge in [0.15, 0.2) is 5.78 Å². The van der Waals surface area contributed by atoms with E-state index in [-0.39, 0.29) is 24.5 Å². The summed E-state index contributed by atoms with van der Waals surface area (Å²) >= 11 is 1.40. The first-order valence-corrected chi connectivity index (χ1v) is 8.13. The minimum Gasteiger partial charge on any atom is -0.443 e. The fraction of sp³-hybridized carbons (Fsp3) is 0.562. The summed E-state index contributed by atoms with van der Waals surface area (Å²) in [6.45, 7) is 8.67. The molecule has 0 atom stereocenters. The lowest BCUT2D eigenvalue weighted by Gasteiger charge is -2.29. The van der Waals surface area contributed by atoms with Crippen molar-refractivity contribution in [2.45, 2.75) is 46.6 Å². The lowest BCUT2D eigenvalue weighted by Crippen LogP contribution is -2.37.